The number of carbonyl (C=O) groups excluding carboxylic acids is 1. The van der Waals surface area contributed by atoms with Crippen molar-refractivity contribution in [3.05, 3.63) is 47.2 Å². The Labute approximate surface area is 137 Å². The molecule has 5 heteroatoms. The molecule has 1 aromatic rings. The van der Waals surface area contributed by atoms with E-state index in [1.165, 1.54) is 0 Å². The van der Waals surface area contributed by atoms with Gasteiger partial charge in [-0.25, -0.2) is 0 Å². The first kappa shape index (κ1) is 16.5. The standard InChI is InChI=1S/C17H23N3OS/c1-5-11-20-12(2)14(16(21)19(3)4)15(18-17(20)22)13-9-7-6-8-10-13/h6-10,15H,5,11H2,1-4H3,(H,18,22)/t15-/m0/s1. The third kappa shape index (κ3) is 3.14. The highest BCUT2D eigenvalue weighted by atomic mass is 32.1. The van der Waals surface area contributed by atoms with Crippen LogP contribution in [0.1, 0.15) is 31.9 Å². The molecule has 1 heterocycles. The van der Waals surface area contributed by atoms with Crippen molar-refractivity contribution in [2.75, 3.05) is 20.6 Å². The van der Waals surface area contributed by atoms with Crippen molar-refractivity contribution < 1.29 is 4.79 Å². The number of rotatable bonds is 4. The zero-order valence-corrected chi connectivity index (χ0v) is 14.4. The number of likely N-dealkylation sites (N-methyl/N-ethyl adjacent to an activating group) is 1. The Morgan fingerprint density at radius 2 is 1.95 bits per heavy atom. The normalized spacial score (nSPS) is 18.3. The van der Waals surface area contributed by atoms with Gasteiger partial charge in [0.05, 0.1) is 11.6 Å². The van der Waals surface area contributed by atoms with Gasteiger partial charge in [0, 0.05) is 26.3 Å². The van der Waals surface area contributed by atoms with Crippen LogP contribution < -0.4 is 5.32 Å². The zero-order valence-electron chi connectivity index (χ0n) is 13.6. The number of hydrogen-bond donors (Lipinski definition) is 1. The van der Waals surface area contributed by atoms with Gasteiger partial charge >= 0.3 is 0 Å². The topological polar surface area (TPSA) is 35.6 Å². The number of benzene rings is 1. The Hall–Kier alpha value is -1.88. The van der Waals surface area contributed by atoms with E-state index in [2.05, 4.69) is 12.2 Å². The van der Waals surface area contributed by atoms with Gasteiger partial charge < -0.3 is 15.1 Å². The number of allylic oxidation sites excluding steroid dienone is 1. The van der Waals surface area contributed by atoms with Crippen LogP contribution in [0.2, 0.25) is 0 Å². The average molecular weight is 317 g/mol. The SMILES string of the molecule is CCCN1C(=S)N[C@@H](c2ccccc2)C(C(=O)N(C)C)=C1C. The number of thiocarbonyl (C=S) groups is 1. The zero-order chi connectivity index (χ0) is 16.3. The first-order valence-corrected chi connectivity index (χ1v) is 7.93. The van der Waals surface area contributed by atoms with Crippen molar-refractivity contribution in [2.24, 2.45) is 0 Å². The number of amides is 1. The fourth-order valence-electron chi connectivity index (χ4n) is 2.69. The third-order valence-electron chi connectivity index (χ3n) is 3.81. The average Bonchev–Trinajstić information content (AvgIpc) is 2.51. The summed E-state index contributed by atoms with van der Waals surface area (Å²) in [6.45, 7) is 4.89. The van der Waals surface area contributed by atoms with E-state index in [0.29, 0.717) is 5.11 Å². The van der Waals surface area contributed by atoms with Gasteiger partial charge in [-0.2, -0.15) is 0 Å². The van der Waals surface area contributed by atoms with E-state index in [1.807, 2.05) is 42.2 Å². The Morgan fingerprint density at radius 3 is 2.50 bits per heavy atom. The molecular formula is C17H23N3OS. The maximum atomic E-state index is 12.7. The lowest BCUT2D eigenvalue weighted by atomic mass is 9.94. The fourth-order valence-corrected chi connectivity index (χ4v) is 3.03. The summed E-state index contributed by atoms with van der Waals surface area (Å²) in [7, 11) is 3.56. The van der Waals surface area contributed by atoms with E-state index in [9.17, 15) is 4.79 Å². The van der Waals surface area contributed by atoms with E-state index in [0.717, 1.165) is 29.8 Å². The molecule has 0 aromatic heterocycles. The summed E-state index contributed by atoms with van der Waals surface area (Å²) in [5.74, 6) is 0.0162. The van der Waals surface area contributed by atoms with Gasteiger partial charge in [0.2, 0.25) is 0 Å². The first-order valence-electron chi connectivity index (χ1n) is 7.52. The minimum Gasteiger partial charge on any atom is -0.351 e. The van der Waals surface area contributed by atoms with Crippen LogP contribution in [0.3, 0.4) is 0 Å². The smallest absolute Gasteiger partial charge is 0.253 e. The van der Waals surface area contributed by atoms with Gasteiger partial charge in [-0.3, -0.25) is 4.79 Å². The monoisotopic (exact) mass is 317 g/mol. The molecule has 0 aliphatic carbocycles. The molecule has 1 amide bonds. The van der Waals surface area contributed by atoms with Crippen molar-refractivity contribution in [1.29, 1.82) is 0 Å². The van der Waals surface area contributed by atoms with Crippen LogP contribution in [-0.2, 0) is 4.79 Å². The molecule has 1 aromatic carbocycles. The maximum Gasteiger partial charge on any atom is 0.253 e. The Bertz CT molecular complexity index is 595. The molecular weight excluding hydrogens is 294 g/mol. The van der Waals surface area contributed by atoms with Crippen LogP contribution >= 0.6 is 12.2 Å². The third-order valence-corrected chi connectivity index (χ3v) is 4.15. The molecule has 0 unspecified atom stereocenters. The molecule has 0 saturated heterocycles. The van der Waals surface area contributed by atoms with Crippen LogP contribution in [-0.4, -0.2) is 41.5 Å². The summed E-state index contributed by atoms with van der Waals surface area (Å²) in [5, 5.41) is 4.02. The largest absolute Gasteiger partial charge is 0.351 e. The van der Waals surface area contributed by atoms with E-state index < -0.39 is 0 Å². The molecule has 4 nitrogen and oxygen atoms in total. The summed E-state index contributed by atoms with van der Waals surface area (Å²) >= 11 is 5.51. The summed E-state index contributed by atoms with van der Waals surface area (Å²) in [4.78, 5) is 16.3. The summed E-state index contributed by atoms with van der Waals surface area (Å²) in [5.41, 5.74) is 2.75. The molecule has 1 aliphatic heterocycles. The number of carbonyl (C=O) groups is 1. The molecule has 22 heavy (non-hydrogen) atoms. The number of hydrogen-bond acceptors (Lipinski definition) is 2. The Kier molecular flexibility index (Phi) is 5.19. The molecule has 0 saturated carbocycles. The maximum absolute atomic E-state index is 12.7. The lowest BCUT2D eigenvalue weighted by Crippen LogP contribution is -2.49. The predicted octanol–water partition coefficient (Wildman–Crippen LogP) is 2.69. The van der Waals surface area contributed by atoms with Gasteiger partial charge in [-0.05, 0) is 31.1 Å². The molecule has 2 rings (SSSR count). The Morgan fingerprint density at radius 1 is 1.32 bits per heavy atom. The second-order valence-corrected chi connectivity index (χ2v) is 6.03. The fraction of sp³-hybridized carbons (Fsp3) is 0.412. The molecule has 1 aliphatic rings. The van der Waals surface area contributed by atoms with Crippen molar-refractivity contribution in [3.8, 4) is 0 Å². The van der Waals surface area contributed by atoms with Crippen LogP contribution in [0.25, 0.3) is 0 Å². The molecule has 118 valence electrons. The predicted molar refractivity (Wildman–Crippen MR) is 93.3 cm³/mol. The van der Waals surface area contributed by atoms with Crippen molar-refractivity contribution in [2.45, 2.75) is 26.3 Å². The van der Waals surface area contributed by atoms with Crippen molar-refractivity contribution in [3.63, 3.8) is 0 Å². The van der Waals surface area contributed by atoms with Crippen molar-refractivity contribution >= 4 is 23.2 Å². The quantitative estimate of drug-likeness (QED) is 0.866. The minimum absolute atomic E-state index is 0.0162. The van der Waals surface area contributed by atoms with Gasteiger partial charge in [0.1, 0.15) is 0 Å². The lowest BCUT2D eigenvalue weighted by molar-refractivity contribution is -0.125. The van der Waals surface area contributed by atoms with E-state index in [1.54, 1.807) is 19.0 Å². The summed E-state index contributed by atoms with van der Waals surface area (Å²) in [6.07, 6.45) is 0.971. The van der Waals surface area contributed by atoms with Crippen LogP contribution in [0.15, 0.2) is 41.6 Å². The second-order valence-electron chi connectivity index (χ2n) is 5.64. The highest BCUT2D eigenvalue weighted by Crippen LogP contribution is 2.31. The van der Waals surface area contributed by atoms with Gasteiger partial charge in [-0.15, -0.1) is 0 Å². The van der Waals surface area contributed by atoms with E-state index in [-0.39, 0.29) is 11.9 Å². The van der Waals surface area contributed by atoms with Crippen LogP contribution in [0.4, 0.5) is 0 Å². The van der Waals surface area contributed by atoms with Gasteiger partial charge in [0.15, 0.2) is 5.11 Å². The van der Waals surface area contributed by atoms with Crippen molar-refractivity contribution in [1.82, 2.24) is 15.1 Å². The van der Waals surface area contributed by atoms with Gasteiger partial charge in [-0.1, -0.05) is 37.3 Å². The highest BCUT2D eigenvalue weighted by molar-refractivity contribution is 7.80. The summed E-state index contributed by atoms with van der Waals surface area (Å²) < 4.78 is 0. The first-order chi connectivity index (χ1) is 10.5. The van der Waals surface area contributed by atoms with E-state index in [4.69, 9.17) is 12.2 Å². The number of nitrogens with one attached hydrogen (secondary N) is 1. The highest BCUT2D eigenvalue weighted by Gasteiger charge is 2.33. The summed E-state index contributed by atoms with van der Waals surface area (Å²) in [6, 6.07) is 9.77. The molecule has 0 fully saturated rings. The molecule has 1 N–H and O–H groups in total. The molecule has 1 atom stereocenters. The molecule has 0 bridgehead atoms. The van der Waals surface area contributed by atoms with E-state index >= 15 is 0 Å². The molecule has 0 spiro atoms. The lowest BCUT2D eigenvalue weighted by Gasteiger charge is -2.38. The Balaban J connectivity index is 2.53. The number of nitrogens with zero attached hydrogens (tertiary/aromatic N) is 2. The molecule has 0 radical (unpaired) electrons. The van der Waals surface area contributed by atoms with Gasteiger partial charge in [0.25, 0.3) is 5.91 Å². The van der Waals surface area contributed by atoms with Crippen LogP contribution in [0.5, 0.6) is 0 Å². The second kappa shape index (κ2) is 6.92. The van der Waals surface area contributed by atoms with Crippen LogP contribution in [0, 0.1) is 0 Å². The minimum atomic E-state index is -0.197.